The van der Waals surface area contributed by atoms with Crippen LogP contribution in [0.4, 0.5) is 11.5 Å². The number of nitrogens with one attached hydrogen (secondary N) is 1. The molecule has 0 spiro atoms. The first-order chi connectivity index (χ1) is 7.95. The molecule has 0 bridgehead atoms. The number of nitrogens with zero attached hydrogens (tertiary/aromatic N) is 2. The topological polar surface area (TPSA) is 88.3 Å². The second-order valence-electron chi connectivity index (χ2n) is 3.87. The number of anilines is 1. The lowest BCUT2D eigenvalue weighted by Crippen LogP contribution is -2.27. The molecule has 2 unspecified atom stereocenters. The van der Waals surface area contributed by atoms with Crippen LogP contribution in [0.15, 0.2) is 16.7 Å². The Balaban J connectivity index is 2.94. The largest absolute Gasteiger partial charge is 0.396 e. The van der Waals surface area contributed by atoms with Crippen LogP contribution in [0.25, 0.3) is 0 Å². The summed E-state index contributed by atoms with van der Waals surface area (Å²) in [6.45, 7) is 3.70. The van der Waals surface area contributed by atoms with E-state index < -0.39 is 4.92 Å². The lowest BCUT2D eigenvalue weighted by molar-refractivity contribution is -0.384. The van der Waals surface area contributed by atoms with Gasteiger partial charge in [-0.1, -0.05) is 6.92 Å². The summed E-state index contributed by atoms with van der Waals surface area (Å²) in [5.41, 5.74) is -0.0867. The van der Waals surface area contributed by atoms with Crippen LogP contribution in [0.2, 0.25) is 0 Å². The number of halogens is 1. The molecule has 0 fully saturated rings. The van der Waals surface area contributed by atoms with Gasteiger partial charge in [0.1, 0.15) is 0 Å². The maximum Gasteiger partial charge on any atom is 0.312 e. The molecule has 0 aromatic carbocycles. The molecule has 17 heavy (non-hydrogen) atoms. The van der Waals surface area contributed by atoms with E-state index in [4.69, 9.17) is 5.11 Å². The summed E-state index contributed by atoms with van der Waals surface area (Å²) in [5.74, 6) is 0.200. The molecule has 0 saturated carbocycles. The number of hydrogen-bond acceptors (Lipinski definition) is 5. The average Bonchev–Trinajstić information content (AvgIpc) is 2.29. The second-order valence-corrected chi connectivity index (χ2v) is 4.79. The molecule has 6 nitrogen and oxygen atoms in total. The first-order valence-corrected chi connectivity index (χ1v) is 5.92. The fourth-order valence-corrected chi connectivity index (χ4v) is 1.51. The Bertz CT molecular complexity index is 414. The number of aromatic nitrogens is 1. The van der Waals surface area contributed by atoms with E-state index in [1.807, 2.05) is 13.8 Å². The monoisotopic (exact) mass is 303 g/mol. The molecule has 0 aliphatic carbocycles. The smallest absolute Gasteiger partial charge is 0.312 e. The summed E-state index contributed by atoms with van der Waals surface area (Å²) in [6, 6.07) is 1.29. The van der Waals surface area contributed by atoms with Gasteiger partial charge in [-0.05, 0) is 28.8 Å². The van der Waals surface area contributed by atoms with Crippen molar-refractivity contribution in [3.05, 3.63) is 26.9 Å². The van der Waals surface area contributed by atoms with Crippen LogP contribution in [0.5, 0.6) is 0 Å². The highest BCUT2D eigenvalue weighted by molar-refractivity contribution is 9.10. The number of aliphatic hydroxyl groups excluding tert-OH is 1. The van der Waals surface area contributed by atoms with E-state index in [0.29, 0.717) is 4.47 Å². The molecule has 1 rings (SSSR count). The van der Waals surface area contributed by atoms with Gasteiger partial charge in [-0.15, -0.1) is 0 Å². The average molecular weight is 304 g/mol. The highest BCUT2D eigenvalue weighted by Crippen LogP contribution is 2.26. The molecule has 2 N–H and O–H groups in total. The molecule has 7 heteroatoms. The highest BCUT2D eigenvalue weighted by Gasteiger charge is 2.19. The fraction of sp³-hybridized carbons (Fsp3) is 0.500. The predicted molar refractivity (Wildman–Crippen MR) is 67.9 cm³/mol. The molecule has 94 valence electrons. The summed E-state index contributed by atoms with van der Waals surface area (Å²) >= 11 is 3.14. The van der Waals surface area contributed by atoms with Crippen molar-refractivity contribution in [1.82, 2.24) is 4.98 Å². The SMILES string of the molecule is CC(CO)C(C)Nc1ncc(Br)cc1[N+](=O)[O-]. The molecule has 1 aromatic heterocycles. The molecule has 1 heterocycles. The standard InChI is InChI=1S/C10H14BrN3O3/c1-6(5-15)7(2)13-10-9(14(16)17)3-8(11)4-12-10/h3-4,6-7,15H,5H2,1-2H3,(H,12,13). The molecule has 1 aromatic rings. The summed E-state index contributed by atoms with van der Waals surface area (Å²) in [7, 11) is 0. The van der Waals surface area contributed by atoms with Gasteiger partial charge in [0.15, 0.2) is 0 Å². The summed E-state index contributed by atoms with van der Waals surface area (Å²) in [4.78, 5) is 14.3. The Morgan fingerprint density at radius 2 is 2.29 bits per heavy atom. The van der Waals surface area contributed by atoms with E-state index in [2.05, 4.69) is 26.2 Å². The van der Waals surface area contributed by atoms with Crippen LogP contribution >= 0.6 is 15.9 Å². The Morgan fingerprint density at radius 3 is 2.82 bits per heavy atom. The van der Waals surface area contributed by atoms with Crippen LogP contribution in [0, 0.1) is 16.0 Å². The molecular formula is C10H14BrN3O3. The highest BCUT2D eigenvalue weighted by atomic mass is 79.9. The zero-order valence-corrected chi connectivity index (χ0v) is 11.1. The normalized spacial score (nSPS) is 14.1. The lowest BCUT2D eigenvalue weighted by Gasteiger charge is -2.19. The third-order valence-electron chi connectivity index (χ3n) is 2.54. The number of aliphatic hydroxyl groups is 1. The molecule has 0 aliphatic rings. The van der Waals surface area contributed by atoms with E-state index >= 15 is 0 Å². The van der Waals surface area contributed by atoms with Crippen molar-refractivity contribution in [2.45, 2.75) is 19.9 Å². The van der Waals surface area contributed by atoms with Crippen LogP contribution in [-0.4, -0.2) is 27.7 Å². The number of hydrogen-bond donors (Lipinski definition) is 2. The van der Waals surface area contributed by atoms with Crippen LogP contribution < -0.4 is 5.32 Å². The summed E-state index contributed by atoms with van der Waals surface area (Å²) < 4.78 is 0.553. The van der Waals surface area contributed by atoms with Gasteiger partial charge in [-0.2, -0.15) is 0 Å². The van der Waals surface area contributed by atoms with Crippen LogP contribution in [0.1, 0.15) is 13.8 Å². The zero-order valence-electron chi connectivity index (χ0n) is 9.55. The van der Waals surface area contributed by atoms with Gasteiger partial charge < -0.3 is 10.4 Å². The quantitative estimate of drug-likeness (QED) is 0.643. The molecule has 0 radical (unpaired) electrons. The van der Waals surface area contributed by atoms with Gasteiger partial charge in [0.25, 0.3) is 0 Å². The first kappa shape index (κ1) is 13.9. The number of nitro groups is 1. The Labute approximate surface area is 107 Å². The minimum absolute atomic E-state index is 0.0124. The van der Waals surface area contributed by atoms with Crippen molar-refractivity contribution in [2.75, 3.05) is 11.9 Å². The zero-order chi connectivity index (χ0) is 13.0. The minimum atomic E-state index is -0.490. The van der Waals surface area contributed by atoms with Crippen LogP contribution in [-0.2, 0) is 0 Å². The van der Waals surface area contributed by atoms with E-state index in [1.54, 1.807) is 0 Å². The van der Waals surface area contributed by atoms with Crippen molar-refractivity contribution in [3.8, 4) is 0 Å². The molecule has 0 aliphatic heterocycles. The third-order valence-corrected chi connectivity index (χ3v) is 2.97. The van der Waals surface area contributed by atoms with E-state index in [-0.39, 0.29) is 30.1 Å². The first-order valence-electron chi connectivity index (χ1n) is 5.13. The number of rotatable bonds is 5. The van der Waals surface area contributed by atoms with Gasteiger partial charge in [-0.25, -0.2) is 4.98 Å². The maximum absolute atomic E-state index is 10.9. The molecule has 2 atom stereocenters. The van der Waals surface area contributed by atoms with E-state index in [1.165, 1.54) is 12.3 Å². The van der Waals surface area contributed by atoms with E-state index in [9.17, 15) is 10.1 Å². The van der Waals surface area contributed by atoms with E-state index in [0.717, 1.165) is 0 Å². The van der Waals surface area contributed by atoms with Gasteiger partial charge in [0, 0.05) is 29.4 Å². The third kappa shape index (κ3) is 3.64. The summed E-state index contributed by atoms with van der Waals surface area (Å²) in [5, 5.41) is 22.8. The van der Waals surface area contributed by atoms with Gasteiger partial charge in [-0.3, -0.25) is 10.1 Å². The van der Waals surface area contributed by atoms with Crippen molar-refractivity contribution in [3.63, 3.8) is 0 Å². The molecular weight excluding hydrogens is 290 g/mol. The van der Waals surface area contributed by atoms with Crippen molar-refractivity contribution < 1.29 is 10.0 Å². The lowest BCUT2D eigenvalue weighted by atomic mass is 10.1. The maximum atomic E-state index is 10.9. The van der Waals surface area contributed by atoms with Crippen LogP contribution in [0.3, 0.4) is 0 Å². The Morgan fingerprint density at radius 1 is 1.65 bits per heavy atom. The fourth-order valence-electron chi connectivity index (χ4n) is 1.19. The summed E-state index contributed by atoms with van der Waals surface area (Å²) in [6.07, 6.45) is 1.49. The second kappa shape index (κ2) is 5.92. The van der Waals surface area contributed by atoms with Gasteiger partial charge in [0.2, 0.25) is 5.82 Å². The minimum Gasteiger partial charge on any atom is -0.396 e. The van der Waals surface area contributed by atoms with Gasteiger partial charge in [0.05, 0.1) is 4.92 Å². The predicted octanol–water partition coefficient (Wildman–Crippen LogP) is 2.18. The van der Waals surface area contributed by atoms with Crippen molar-refractivity contribution in [1.29, 1.82) is 0 Å². The number of pyridine rings is 1. The Kier molecular flexibility index (Phi) is 4.83. The van der Waals surface area contributed by atoms with Crippen molar-refractivity contribution >= 4 is 27.4 Å². The molecule has 0 saturated heterocycles. The van der Waals surface area contributed by atoms with Crippen molar-refractivity contribution in [2.24, 2.45) is 5.92 Å². The van der Waals surface area contributed by atoms with Gasteiger partial charge >= 0.3 is 5.69 Å². The molecule has 0 amide bonds. The Hall–Kier alpha value is -1.21.